The lowest BCUT2D eigenvalue weighted by Gasteiger charge is -1.92. The number of hydrogen-bond donors (Lipinski definition) is 2. The van der Waals surface area contributed by atoms with Crippen molar-refractivity contribution in [3.8, 4) is 0 Å². The van der Waals surface area contributed by atoms with Gasteiger partial charge in [-0.15, -0.1) is 0 Å². The average Bonchev–Trinajstić information content (AvgIpc) is 1.83. The highest BCUT2D eigenvalue weighted by Crippen LogP contribution is 1.93. The Kier molecular flexibility index (Phi) is 4.79. The van der Waals surface area contributed by atoms with E-state index in [0.29, 0.717) is 6.42 Å². The summed E-state index contributed by atoms with van der Waals surface area (Å²) in [7, 11) is 0. The standard InChI is InChI=1S/C4H9NO2S/c1-8-3-2-4(6)5-7/h7H,2-3H2,1H3,(H,5,6). The lowest BCUT2D eigenvalue weighted by molar-refractivity contribution is -0.128. The number of hydroxylamine groups is 1. The van der Waals surface area contributed by atoms with Crippen molar-refractivity contribution in [3.63, 3.8) is 0 Å². The highest BCUT2D eigenvalue weighted by Gasteiger charge is 1.94. The van der Waals surface area contributed by atoms with Crippen molar-refractivity contribution in [2.24, 2.45) is 0 Å². The van der Waals surface area contributed by atoms with Gasteiger partial charge in [0, 0.05) is 12.2 Å². The maximum atomic E-state index is 10.2. The van der Waals surface area contributed by atoms with Crippen LogP contribution in [-0.2, 0) is 4.79 Å². The van der Waals surface area contributed by atoms with Crippen LogP contribution in [0.15, 0.2) is 0 Å². The minimum atomic E-state index is -0.320. The molecule has 0 radical (unpaired) electrons. The van der Waals surface area contributed by atoms with Crippen LogP contribution >= 0.6 is 11.8 Å². The summed E-state index contributed by atoms with van der Waals surface area (Å²) in [6, 6.07) is 0. The van der Waals surface area contributed by atoms with Crippen LogP contribution in [0.2, 0.25) is 0 Å². The molecule has 0 aliphatic rings. The van der Waals surface area contributed by atoms with Crippen molar-refractivity contribution in [1.29, 1.82) is 0 Å². The van der Waals surface area contributed by atoms with Gasteiger partial charge in [-0.2, -0.15) is 11.8 Å². The Morgan fingerprint density at radius 2 is 2.50 bits per heavy atom. The van der Waals surface area contributed by atoms with Gasteiger partial charge in [0.05, 0.1) is 0 Å². The number of rotatable bonds is 3. The lowest BCUT2D eigenvalue weighted by Crippen LogP contribution is -2.18. The molecule has 0 rings (SSSR count). The molecule has 0 fully saturated rings. The van der Waals surface area contributed by atoms with Crippen molar-refractivity contribution >= 4 is 17.7 Å². The Labute approximate surface area is 52.4 Å². The van der Waals surface area contributed by atoms with E-state index in [1.165, 1.54) is 0 Å². The molecular formula is C4H9NO2S. The summed E-state index contributed by atoms with van der Waals surface area (Å²) in [4.78, 5) is 10.2. The molecule has 2 N–H and O–H groups in total. The van der Waals surface area contributed by atoms with Crippen LogP contribution in [0.3, 0.4) is 0 Å². The normalized spacial score (nSPS) is 8.75. The summed E-state index contributed by atoms with van der Waals surface area (Å²) in [5.74, 6) is 0.436. The molecule has 0 aliphatic heterocycles. The quantitative estimate of drug-likeness (QED) is 0.430. The second-order valence-corrected chi connectivity index (χ2v) is 2.26. The van der Waals surface area contributed by atoms with E-state index in [4.69, 9.17) is 5.21 Å². The molecule has 0 saturated heterocycles. The number of thioether (sulfide) groups is 1. The van der Waals surface area contributed by atoms with E-state index in [2.05, 4.69) is 0 Å². The summed E-state index contributed by atoms with van der Waals surface area (Å²) >= 11 is 1.57. The molecule has 0 aliphatic carbocycles. The molecule has 8 heavy (non-hydrogen) atoms. The monoisotopic (exact) mass is 135 g/mol. The molecule has 0 aromatic rings. The van der Waals surface area contributed by atoms with Gasteiger partial charge in [0.25, 0.3) is 0 Å². The predicted octanol–water partition coefficient (Wildman–Crippen LogP) is 0.245. The van der Waals surface area contributed by atoms with Crippen LogP contribution in [0.1, 0.15) is 6.42 Å². The highest BCUT2D eigenvalue weighted by molar-refractivity contribution is 7.98. The average molecular weight is 135 g/mol. The third-order valence-corrected chi connectivity index (χ3v) is 1.27. The van der Waals surface area contributed by atoms with Crippen LogP contribution in [0.25, 0.3) is 0 Å². The summed E-state index contributed by atoms with van der Waals surface area (Å²) in [5, 5.41) is 7.95. The molecule has 0 spiro atoms. The van der Waals surface area contributed by atoms with Gasteiger partial charge in [0.15, 0.2) is 0 Å². The Morgan fingerprint density at radius 1 is 1.88 bits per heavy atom. The first-order valence-electron chi connectivity index (χ1n) is 2.23. The van der Waals surface area contributed by atoms with Gasteiger partial charge >= 0.3 is 0 Å². The van der Waals surface area contributed by atoms with E-state index in [-0.39, 0.29) is 5.91 Å². The summed E-state index contributed by atoms with van der Waals surface area (Å²) in [5.41, 5.74) is 1.55. The number of carbonyl (C=O) groups excluding carboxylic acids is 1. The van der Waals surface area contributed by atoms with E-state index in [1.54, 1.807) is 17.2 Å². The zero-order valence-corrected chi connectivity index (χ0v) is 5.49. The van der Waals surface area contributed by atoms with Gasteiger partial charge in [0.1, 0.15) is 0 Å². The van der Waals surface area contributed by atoms with E-state index in [9.17, 15) is 4.79 Å². The van der Waals surface area contributed by atoms with Gasteiger partial charge in [-0.05, 0) is 6.26 Å². The maximum absolute atomic E-state index is 10.2. The molecule has 4 heteroatoms. The third kappa shape index (κ3) is 3.95. The molecule has 1 amide bonds. The van der Waals surface area contributed by atoms with Crippen molar-refractivity contribution in [3.05, 3.63) is 0 Å². The number of hydrogen-bond acceptors (Lipinski definition) is 3. The van der Waals surface area contributed by atoms with E-state index >= 15 is 0 Å². The lowest BCUT2D eigenvalue weighted by atomic mass is 10.5. The fraction of sp³-hybridized carbons (Fsp3) is 0.750. The van der Waals surface area contributed by atoms with Gasteiger partial charge in [-0.3, -0.25) is 10.0 Å². The third-order valence-electron chi connectivity index (χ3n) is 0.658. The first-order chi connectivity index (χ1) is 3.81. The first kappa shape index (κ1) is 7.78. The second kappa shape index (κ2) is 4.93. The van der Waals surface area contributed by atoms with Crippen LogP contribution in [0.5, 0.6) is 0 Å². The number of nitrogens with one attached hydrogen (secondary N) is 1. The zero-order chi connectivity index (χ0) is 6.41. The van der Waals surface area contributed by atoms with Gasteiger partial charge in [-0.25, -0.2) is 5.48 Å². The molecule has 0 aromatic carbocycles. The zero-order valence-electron chi connectivity index (χ0n) is 4.68. The number of carbonyl (C=O) groups is 1. The van der Waals surface area contributed by atoms with Crippen LogP contribution in [0.4, 0.5) is 0 Å². The van der Waals surface area contributed by atoms with Gasteiger partial charge in [-0.1, -0.05) is 0 Å². The van der Waals surface area contributed by atoms with Crippen LogP contribution in [0, 0.1) is 0 Å². The molecule has 0 heterocycles. The molecule has 0 atom stereocenters. The SMILES string of the molecule is CSCCC(=O)NO. The smallest absolute Gasteiger partial charge is 0.244 e. The summed E-state index contributed by atoms with van der Waals surface area (Å²) < 4.78 is 0. The minimum Gasteiger partial charge on any atom is -0.289 e. The largest absolute Gasteiger partial charge is 0.289 e. The predicted molar refractivity (Wildman–Crippen MR) is 32.9 cm³/mol. The summed E-state index contributed by atoms with van der Waals surface area (Å²) in [6.45, 7) is 0. The molecule has 0 aromatic heterocycles. The highest BCUT2D eigenvalue weighted by atomic mass is 32.2. The fourth-order valence-corrected chi connectivity index (χ4v) is 0.640. The van der Waals surface area contributed by atoms with Crippen LogP contribution < -0.4 is 5.48 Å². The van der Waals surface area contributed by atoms with Crippen molar-refractivity contribution in [2.45, 2.75) is 6.42 Å². The van der Waals surface area contributed by atoms with Gasteiger partial charge < -0.3 is 0 Å². The topological polar surface area (TPSA) is 49.3 Å². The van der Waals surface area contributed by atoms with E-state index in [0.717, 1.165) is 5.75 Å². The van der Waals surface area contributed by atoms with Gasteiger partial charge in [0.2, 0.25) is 5.91 Å². The van der Waals surface area contributed by atoms with E-state index in [1.807, 2.05) is 6.26 Å². The molecule has 0 unspecified atom stereocenters. The Balaban J connectivity index is 2.99. The Hall–Kier alpha value is -0.220. The van der Waals surface area contributed by atoms with E-state index < -0.39 is 0 Å². The van der Waals surface area contributed by atoms with Crippen molar-refractivity contribution < 1.29 is 10.0 Å². The van der Waals surface area contributed by atoms with Crippen LogP contribution in [-0.4, -0.2) is 23.1 Å². The Morgan fingerprint density at radius 3 is 2.88 bits per heavy atom. The summed E-state index contributed by atoms with van der Waals surface area (Å²) in [6.07, 6.45) is 2.29. The Bertz CT molecular complexity index is 76.4. The molecule has 0 saturated carbocycles. The molecular weight excluding hydrogens is 126 g/mol. The van der Waals surface area contributed by atoms with Crippen molar-refractivity contribution in [2.75, 3.05) is 12.0 Å². The van der Waals surface area contributed by atoms with Crippen molar-refractivity contribution in [1.82, 2.24) is 5.48 Å². The first-order valence-corrected chi connectivity index (χ1v) is 3.62. The number of amides is 1. The molecule has 0 bridgehead atoms. The maximum Gasteiger partial charge on any atom is 0.244 e. The minimum absolute atomic E-state index is 0.320. The second-order valence-electron chi connectivity index (χ2n) is 1.28. The molecule has 3 nitrogen and oxygen atoms in total. The molecule has 48 valence electrons. The fourth-order valence-electron chi connectivity index (χ4n) is 0.251.